The van der Waals surface area contributed by atoms with E-state index < -0.39 is 11.0 Å². The number of nitrogens with zero attached hydrogens (tertiary/aromatic N) is 4. The third kappa shape index (κ3) is 3.49. The lowest BCUT2D eigenvalue weighted by molar-refractivity contribution is -0.134. The van der Waals surface area contributed by atoms with E-state index in [9.17, 15) is 4.79 Å². The summed E-state index contributed by atoms with van der Waals surface area (Å²) in [4.78, 5) is 11.9. The summed E-state index contributed by atoms with van der Waals surface area (Å²) >= 11 is 1.36. The Bertz CT molecular complexity index is 1260. The molecule has 0 saturated carbocycles. The van der Waals surface area contributed by atoms with E-state index in [2.05, 4.69) is 12.1 Å². The predicted octanol–water partition coefficient (Wildman–Crippen LogP) is 5.48. The van der Waals surface area contributed by atoms with E-state index in [1.165, 1.54) is 11.8 Å². The second-order valence-corrected chi connectivity index (χ2v) is 9.02. The lowest BCUT2D eigenvalue weighted by Crippen LogP contribution is -2.53. The number of fused-ring (bicyclic) bond motifs is 2. The van der Waals surface area contributed by atoms with Crippen LogP contribution in [0.5, 0.6) is 0 Å². The molecule has 0 fully saturated rings. The number of aryl methyl sites for hydroxylation is 1. The SMILES string of the molecule is CCOC(=O)C1=NN(c2ccc(C)cc2)C2(S1)c1ccccc1C(C)=NN2c1ccccc1. The molecule has 0 aromatic heterocycles. The van der Waals surface area contributed by atoms with Crippen LogP contribution in [-0.4, -0.2) is 23.3 Å². The first-order valence-corrected chi connectivity index (χ1v) is 11.7. The van der Waals surface area contributed by atoms with Crippen molar-refractivity contribution >= 4 is 39.9 Å². The average Bonchev–Trinajstić information content (AvgIpc) is 3.24. The number of hydrogen-bond acceptors (Lipinski definition) is 7. The summed E-state index contributed by atoms with van der Waals surface area (Å²) in [6.07, 6.45) is 0. The van der Waals surface area contributed by atoms with Gasteiger partial charge in [-0.1, -0.05) is 60.2 Å². The maximum absolute atomic E-state index is 12.9. The number of ether oxygens (including phenoxy) is 1. The van der Waals surface area contributed by atoms with E-state index in [1.807, 2.05) is 90.6 Å². The second-order valence-electron chi connectivity index (χ2n) is 7.86. The summed E-state index contributed by atoms with van der Waals surface area (Å²) in [5.74, 6) is -0.437. The van der Waals surface area contributed by atoms with Crippen molar-refractivity contribution < 1.29 is 9.53 Å². The highest BCUT2D eigenvalue weighted by molar-refractivity contribution is 8.16. The van der Waals surface area contributed by atoms with Gasteiger partial charge in [-0.3, -0.25) is 0 Å². The van der Waals surface area contributed by atoms with Crippen LogP contribution in [0, 0.1) is 6.92 Å². The molecular weight excluding hydrogens is 432 g/mol. The van der Waals surface area contributed by atoms with Gasteiger partial charge in [0.25, 0.3) is 0 Å². The number of esters is 1. The summed E-state index contributed by atoms with van der Waals surface area (Å²) in [5, 5.41) is 14.0. The van der Waals surface area contributed by atoms with Crippen LogP contribution in [0.25, 0.3) is 0 Å². The highest BCUT2D eigenvalue weighted by Crippen LogP contribution is 2.54. The van der Waals surface area contributed by atoms with Gasteiger partial charge in [0.15, 0.2) is 0 Å². The van der Waals surface area contributed by atoms with Crippen LogP contribution in [-0.2, 0) is 14.5 Å². The van der Waals surface area contributed by atoms with E-state index in [0.29, 0.717) is 5.04 Å². The van der Waals surface area contributed by atoms with Crippen molar-refractivity contribution in [2.75, 3.05) is 16.6 Å². The first-order valence-electron chi connectivity index (χ1n) is 10.9. The molecule has 0 N–H and O–H groups in total. The third-order valence-electron chi connectivity index (χ3n) is 5.65. The predicted molar refractivity (Wildman–Crippen MR) is 135 cm³/mol. The molecular formula is C26H24N4O2S. The molecule has 1 unspecified atom stereocenters. The minimum Gasteiger partial charge on any atom is -0.461 e. The minimum absolute atomic E-state index is 0.284. The molecule has 0 bridgehead atoms. The zero-order chi connectivity index (χ0) is 23.0. The quantitative estimate of drug-likeness (QED) is 0.487. The summed E-state index contributed by atoms with van der Waals surface area (Å²) in [7, 11) is 0. The maximum Gasteiger partial charge on any atom is 0.365 e. The number of para-hydroxylation sites is 1. The van der Waals surface area contributed by atoms with Crippen molar-refractivity contribution in [1.29, 1.82) is 0 Å². The van der Waals surface area contributed by atoms with E-state index in [0.717, 1.165) is 33.8 Å². The van der Waals surface area contributed by atoms with Gasteiger partial charge in [0, 0.05) is 11.1 Å². The van der Waals surface area contributed by atoms with Crippen LogP contribution in [0.1, 0.15) is 30.5 Å². The smallest absolute Gasteiger partial charge is 0.365 e. The van der Waals surface area contributed by atoms with Crippen LogP contribution < -0.4 is 10.0 Å². The van der Waals surface area contributed by atoms with Crippen LogP contribution in [0.15, 0.2) is 89.1 Å². The molecule has 166 valence electrons. The first-order chi connectivity index (χ1) is 16.0. The molecule has 2 aliphatic rings. The summed E-state index contributed by atoms with van der Waals surface area (Å²) < 4.78 is 5.34. The molecule has 0 saturated heterocycles. The zero-order valence-corrected chi connectivity index (χ0v) is 19.5. The van der Waals surface area contributed by atoms with Crippen molar-refractivity contribution in [3.05, 3.63) is 95.6 Å². The Morgan fingerprint density at radius 1 is 0.879 bits per heavy atom. The Morgan fingerprint density at radius 3 is 2.24 bits per heavy atom. The zero-order valence-electron chi connectivity index (χ0n) is 18.7. The van der Waals surface area contributed by atoms with Gasteiger partial charge in [0.05, 0.1) is 23.7 Å². The normalized spacial score (nSPS) is 19.2. The molecule has 2 aliphatic heterocycles. The Labute approximate surface area is 197 Å². The molecule has 3 aromatic rings. The number of hydrazone groups is 2. The maximum atomic E-state index is 12.9. The number of hydrogen-bond donors (Lipinski definition) is 0. The van der Waals surface area contributed by atoms with Crippen molar-refractivity contribution in [3.63, 3.8) is 0 Å². The molecule has 0 amide bonds. The van der Waals surface area contributed by atoms with Gasteiger partial charge in [-0.25, -0.2) is 14.8 Å². The molecule has 7 heteroatoms. The Morgan fingerprint density at radius 2 is 1.52 bits per heavy atom. The monoisotopic (exact) mass is 456 g/mol. The van der Waals surface area contributed by atoms with E-state index in [4.69, 9.17) is 14.9 Å². The third-order valence-corrected chi connectivity index (χ3v) is 6.94. The Kier molecular flexibility index (Phi) is 5.42. The van der Waals surface area contributed by atoms with Gasteiger partial charge >= 0.3 is 5.97 Å². The van der Waals surface area contributed by atoms with Gasteiger partial charge in [0.2, 0.25) is 10.0 Å². The fourth-order valence-electron chi connectivity index (χ4n) is 4.12. The molecule has 1 spiro atoms. The molecule has 0 aliphatic carbocycles. The van der Waals surface area contributed by atoms with Gasteiger partial charge in [-0.15, -0.1) is 0 Å². The molecule has 6 nitrogen and oxygen atoms in total. The molecule has 0 radical (unpaired) electrons. The fraction of sp³-hybridized carbons (Fsp3) is 0.192. The van der Waals surface area contributed by atoms with Gasteiger partial charge in [-0.05, 0) is 56.8 Å². The minimum atomic E-state index is -0.936. The summed E-state index contributed by atoms with van der Waals surface area (Å²) in [6.45, 7) is 6.13. The number of rotatable bonds is 4. The lowest BCUT2D eigenvalue weighted by Gasteiger charge is -2.46. The molecule has 33 heavy (non-hydrogen) atoms. The molecule has 5 rings (SSSR count). The van der Waals surface area contributed by atoms with Gasteiger partial charge in [0.1, 0.15) is 0 Å². The molecule has 1 atom stereocenters. The summed E-state index contributed by atoms with van der Waals surface area (Å²) in [6, 6.07) is 26.3. The van der Waals surface area contributed by atoms with Crippen LogP contribution in [0.4, 0.5) is 11.4 Å². The highest BCUT2D eigenvalue weighted by Gasteiger charge is 2.56. The molecule has 3 aromatic carbocycles. The number of thioether (sulfide) groups is 1. The van der Waals surface area contributed by atoms with E-state index >= 15 is 0 Å². The summed E-state index contributed by atoms with van der Waals surface area (Å²) in [5.41, 5.74) is 5.83. The lowest BCUT2D eigenvalue weighted by atomic mass is 9.98. The average molecular weight is 457 g/mol. The largest absolute Gasteiger partial charge is 0.461 e. The highest BCUT2D eigenvalue weighted by atomic mass is 32.2. The van der Waals surface area contributed by atoms with Crippen molar-refractivity contribution in [1.82, 2.24) is 0 Å². The van der Waals surface area contributed by atoms with Gasteiger partial charge in [-0.2, -0.15) is 10.2 Å². The topological polar surface area (TPSA) is 57.5 Å². The van der Waals surface area contributed by atoms with Crippen LogP contribution in [0.3, 0.4) is 0 Å². The van der Waals surface area contributed by atoms with Crippen LogP contribution >= 0.6 is 11.8 Å². The second kappa shape index (κ2) is 8.41. The number of carbonyl (C=O) groups excluding carboxylic acids is 1. The Hall–Kier alpha value is -3.58. The fourth-order valence-corrected chi connectivity index (χ4v) is 5.41. The number of anilines is 2. The number of benzene rings is 3. The van der Waals surface area contributed by atoms with E-state index in [-0.39, 0.29) is 6.61 Å². The van der Waals surface area contributed by atoms with Crippen molar-refractivity contribution in [2.45, 2.75) is 25.8 Å². The van der Waals surface area contributed by atoms with Crippen LogP contribution in [0.2, 0.25) is 0 Å². The van der Waals surface area contributed by atoms with Gasteiger partial charge < -0.3 is 4.74 Å². The first kappa shape index (κ1) is 21.3. The number of carbonyl (C=O) groups is 1. The Balaban J connectivity index is 1.78. The van der Waals surface area contributed by atoms with Crippen molar-refractivity contribution in [2.24, 2.45) is 10.2 Å². The standard InChI is InChI=1S/C26H24N4O2S/c1-4-32-25(31)24-28-30(21-16-14-18(2)15-17-21)26(33-24)23-13-9-8-12-22(23)19(3)27-29(26)20-10-6-5-7-11-20/h5-17H,4H2,1-3H3. The van der Waals surface area contributed by atoms with Crippen molar-refractivity contribution in [3.8, 4) is 0 Å². The van der Waals surface area contributed by atoms with E-state index in [1.54, 1.807) is 6.92 Å². The molecule has 2 heterocycles.